The Morgan fingerprint density at radius 3 is 2.53 bits per heavy atom. The number of hydrogen-bond donors (Lipinski definition) is 2. The first-order valence-corrected chi connectivity index (χ1v) is 5.59. The van der Waals surface area contributed by atoms with Gasteiger partial charge in [-0.25, -0.2) is 4.39 Å². The van der Waals surface area contributed by atoms with E-state index in [2.05, 4.69) is 5.32 Å². The summed E-state index contributed by atoms with van der Waals surface area (Å²) in [6.45, 7) is 0. The van der Waals surface area contributed by atoms with Crippen molar-refractivity contribution in [2.75, 3.05) is 11.1 Å². The van der Waals surface area contributed by atoms with Crippen LogP contribution in [0.25, 0.3) is 0 Å². The first-order chi connectivity index (χ1) is 8.06. The Balaban J connectivity index is 2.31. The fourth-order valence-corrected chi connectivity index (χ4v) is 1.66. The van der Waals surface area contributed by atoms with Gasteiger partial charge in [0.25, 0.3) is 0 Å². The molecule has 0 aliphatic carbocycles. The lowest BCUT2D eigenvalue weighted by Gasteiger charge is -2.10. The molecule has 2 nitrogen and oxygen atoms in total. The maximum Gasteiger partial charge on any atom is 0.143 e. The van der Waals surface area contributed by atoms with E-state index in [1.807, 2.05) is 0 Å². The average molecular weight is 271 g/mol. The van der Waals surface area contributed by atoms with Crippen molar-refractivity contribution in [3.63, 3.8) is 0 Å². The minimum absolute atomic E-state index is 0.0783. The molecule has 0 amide bonds. The molecule has 0 aliphatic rings. The van der Waals surface area contributed by atoms with Gasteiger partial charge < -0.3 is 11.1 Å². The third-order valence-corrected chi connectivity index (χ3v) is 2.76. The molecular formula is C12H9Cl2FN2. The fraction of sp³-hybridized carbons (Fsp3) is 0. The highest BCUT2D eigenvalue weighted by molar-refractivity contribution is 6.31. The standard InChI is InChI=1S/C12H9Cl2FN2/c13-7-1-4-11(16)12(5-7)17-8-2-3-9(14)10(15)6-8/h1-6,17H,16H2. The minimum Gasteiger partial charge on any atom is -0.397 e. The zero-order valence-electron chi connectivity index (χ0n) is 8.68. The van der Waals surface area contributed by atoms with Gasteiger partial charge in [0.2, 0.25) is 0 Å². The third-order valence-electron chi connectivity index (χ3n) is 2.21. The smallest absolute Gasteiger partial charge is 0.143 e. The Bertz CT molecular complexity index is 558. The van der Waals surface area contributed by atoms with Crippen molar-refractivity contribution in [2.24, 2.45) is 0 Å². The number of hydrogen-bond acceptors (Lipinski definition) is 2. The lowest BCUT2D eigenvalue weighted by atomic mass is 10.2. The first-order valence-electron chi connectivity index (χ1n) is 4.83. The third kappa shape index (κ3) is 2.81. The maximum absolute atomic E-state index is 13.2. The van der Waals surface area contributed by atoms with Gasteiger partial charge in [0, 0.05) is 10.7 Å². The van der Waals surface area contributed by atoms with Crippen molar-refractivity contribution in [1.29, 1.82) is 0 Å². The van der Waals surface area contributed by atoms with E-state index in [0.717, 1.165) is 0 Å². The Labute approximate surface area is 108 Å². The quantitative estimate of drug-likeness (QED) is 0.791. The molecule has 2 aromatic rings. The van der Waals surface area contributed by atoms with Crippen molar-refractivity contribution in [3.8, 4) is 0 Å². The maximum atomic E-state index is 13.2. The summed E-state index contributed by atoms with van der Waals surface area (Å²) >= 11 is 11.4. The second-order valence-electron chi connectivity index (χ2n) is 3.49. The predicted molar refractivity (Wildman–Crippen MR) is 70.6 cm³/mol. The summed E-state index contributed by atoms with van der Waals surface area (Å²) in [6.07, 6.45) is 0. The number of halogens is 3. The van der Waals surface area contributed by atoms with Crippen molar-refractivity contribution in [3.05, 3.63) is 52.3 Å². The van der Waals surface area contributed by atoms with Crippen LogP contribution in [0.15, 0.2) is 36.4 Å². The van der Waals surface area contributed by atoms with Gasteiger partial charge >= 0.3 is 0 Å². The highest BCUT2D eigenvalue weighted by atomic mass is 35.5. The van der Waals surface area contributed by atoms with Crippen molar-refractivity contribution in [2.45, 2.75) is 0 Å². The van der Waals surface area contributed by atoms with Crippen LogP contribution in [0, 0.1) is 5.82 Å². The molecule has 2 rings (SSSR count). The van der Waals surface area contributed by atoms with E-state index >= 15 is 0 Å². The normalized spacial score (nSPS) is 10.3. The van der Waals surface area contributed by atoms with Gasteiger partial charge in [-0.05, 0) is 36.4 Å². The van der Waals surface area contributed by atoms with Crippen molar-refractivity contribution >= 4 is 40.3 Å². The molecule has 2 aromatic carbocycles. The number of nitrogens with two attached hydrogens (primary N) is 1. The molecule has 0 aliphatic heterocycles. The van der Waals surface area contributed by atoms with E-state index in [0.29, 0.717) is 22.1 Å². The van der Waals surface area contributed by atoms with E-state index in [9.17, 15) is 4.39 Å². The molecule has 0 bridgehead atoms. The molecule has 5 heteroatoms. The molecule has 0 unspecified atom stereocenters. The van der Waals surface area contributed by atoms with Crippen LogP contribution in [-0.4, -0.2) is 0 Å². The second kappa shape index (κ2) is 4.82. The van der Waals surface area contributed by atoms with Crippen LogP contribution < -0.4 is 11.1 Å². The van der Waals surface area contributed by atoms with Crippen LogP contribution in [0.3, 0.4) is 0 Å². The molecule has 0 fully saturated rings. The lowest BCUT2D eigenvalue weighted by molar-refractivity contribution is 0.629. The summed E-state index contributed by atoms with van der Waals surface area (Å²) in [6, 6.07) is 9.46. The summed E-state index contributed by atoms with van der Waals surface area (Å²) in [7, 11) is 0. The van der Waals surface area contributed by atoms with Crippen LogP contribution in [0.1, 0.15) is 0 Å². The summed E-state index contributed by atoms with van der Waals surface area (Å²) < 4.78 is 13.2. The van der Waals surface area contributed by atoms with Gasteiger partial charge in [-0.1, -0.05) is 23.2 Å². The zero-order chi connectivity index (χ0) is 12.4. The van der Waals surface area contributed by atoms with Gasteiger partial charge in [-0.3, -0.25) is 0 Å². The number of nitrogen functional groups attached to an aromatic ring is 1. The van der Waals surface area contributed by atoms with E-state index in [4.69, 9.17) is 28.9 Å². The number of rotatable bonds is 2. The van der Waals surface area contributed by atoms with Gasteiger partial charge in [0.1, 0.15) is 5.82 Å². The number of benzene rings is 2. The predicted octanol–water partition coefficient (Wildman–Crippen LogP) is 4.46. The summed E-state index contributed by atoms with van der Waals surface area (Å²) in [4.78, 5) is 0. The van der Waals surface area contributed by atoms with E-state index < -0.39 is 5.82 Å². The minimum atomic E-state index is -0.489. The molecule has 88 valence electrons. The first kappa shape index (κ1) is 12.0. The highest BCUT2D eigenvalue weighted by Crippen LogP contribution is 2.27. The topological polar surface area (TPSA) is 38.0 Å². The Morgan fingerprint density at radius 2 is 1.82 bits per heavy atom. The molecule has 3 N–H and O–H groups in total. The van der Waals surface area contributed by atoms with Gasteiger partial charge in [0.05, 0.1) is 16.4 Å². The Hall–Kier alpha value is -1.45. The van der Waals surface area contributed by atoms with E-state index in [-0.39, 0.29) is 5.02 Å². The van der Waals surface area contributed by atoms with Gasteiger partial charge in [0.15, 0.2) is 0 Å². The molecule has 0 saturated heterocycles. The monoisotopic (exact) mass is 270 g/mol. The fourth-order valence-electron chi connectivity index (χ4n) is 1.37. The molecule has 0 spiro atoms. The van der Waals surface area contributed by atoms with E-state index in [1.165, 1.54) is 12.1 Å². The van der Waals surface area contributed by atoms with E-state index in [1.54, 1.807) is 24.3 Å². The summed E-state index contributed by atoms with van der Waals surface area (Å²) in [5.41, 5.74) is 7.48. The average Bonchev–Trinajstić information content (AvgIpc) is 2.29. The van der Waals surface area contributed by atoms with Crippen molar-refractivity contribution in [1.82, 2.24) is 0 Å². The Kier molecular flexibility index (Phi) is 3.41. The molecule has 0 aromatic heterocycles. The van der Waals surface area contributed by atoms with Crippen LogP contribution >= 0.6 is 23.2 Å². The lowest BCUT2D eigenvalue weighted by Crippen LogP contribution is -1.96. The number of nitrogens with one attached hydrogen (secondary N) is 1. The molecule has 0 atom stereocenters. The van der Waals surface area contributed by atoms with Crippen molar-refractivity contribution < 1.29 is 4.39 Å². The van der Waals surface area contributed by atoms with Gasteiger partial charge in [-0.15, -0.1) is 0 Å². The molecule has 17 heavy (non-hydrogen) atoms. The molecule has 0 radical (unpaired) electrons. The molecular weight excluding hydrogens is 262 g/mol. The second-order valence-corrected chi connectivity index (χ2v) is 4.33. The largest absolute Gasteiger partial charge is 0.397 e. The summed E-state index contributed by atoms with van der Waals surface area (Å²) in [5.74, 6) is -0.489. The number of anilines is 3. The van der Waals surface area contributed by atoms with Crippen LogP contribution in [0.5, 0.6) is 0 Å². The van der Waals surface area contributed by atoms with Crippen LogP contribution in [0.4, 0.5) is 21.5 Å². The SMILES string of the molecule is Nc1ccc(Cl)cc1Nc1ccc(Cl)c(F)c1. The Morgan fingerprint density at radius 1 is 1.06 bits per heavy atom. The van der Waals surface area contributed by atoms with Crippen LogP contribution in [0.2, 0.25) is 10.0 Å². The molecule has 0 heterocycles. The highest BCUT2D eigenvalue weighted by Gasteiger charge is 2.04. The van der Waals surface area contributed by atoms with Crippen LogP contribution in [-0.2, 0) is 0 Å². The van der Waals surface area contributed by atoms with Gasteiger partial charge in [-0.2, -0.15) is 0 Å². The summed E-state index contributed by atoms with van der Waals surface area (Å²) in [5, 5.41) is 3.60. The molecule has 0 saturated carbocycles. The zero-order valence-corrected chi connectivity index (χ0v) is 10.2.